The smallest absolute Gasteiger partial charge is 0.456 e. The number of phosphoric ester groups is 4. The average molecular weight is 985 g/mol. The molecule has 356 valence electrons. The SMILES string of the molecule is C#CC#CC#CC#CC#CC#CC(=O)OC[C@@H](COP(=O)(O)OC1C(O)[C@@H](OP(=O)(O)O)C(OP(=O)(O)O)[C@@H](OP(=O)(O)O)[C@H]1O)OC(=O)CCCCCCCCCCCCCCC. The molecule has 0 heterocycles. The Kier molecular flexibility index (Phi) is 28.2. The molecule has 26 heteroatoms. The summed E-state index contributed by atoms with van der Waals surface area (Å²) in [4.78, 5) is 91.8. The van der Waals surface area contributed by atoms with E-state index < -0.39 is 99.2 Å². The van der Waals surface area contributed by atoms with Gasteiger partial charge >= 0.3 is 43.2 Å². The molecule has 0 spiro atoms. The molecule has 8 atom stereocenters. The number of carbonyl (C=O) groups excluding carboxylic acids is 2. The molecular formula is C38H52O22P4. The van der Waals surface area contributed by atoms with E-state index in [4.69, 9.17) is 24.9 Å². The zero-order chi connectivity index (χ0) is 48.2. The molecule has 0 aromatic rings. The maximum Gasteiger partial charge on any atom is 0.472 e. The predicted octanol–water partition coefficient (Wildman–Crippen LogP) is 2.24. The van der Waals surface area contributed by atoms with Crippen LogP contribution in [0.3, 0.4) is 0 Å². The number of aliphatic hydroxyl groups excluding tert-OH is 2. The van der Waals surface area contributed by atoms with Gasteiger partial charge in [0.2, 0.25) is 0 Å². The van der Waals surface area contributed by atoms with Crippen molar-refractivity contribution in [2.75, 3.05) is 13.2 Å². The highest BCUT2D eigenvalue weighted by atomic mass is 31.2. The lowest BCUT2D eigenvalue weighted by Crippen LogP contribution is -2.65. The van der Waals surface area contributed by atoms with Gasteiger partial charge in [0, 0.05) is 12.3 Å². The maximum atomic E-state index is 13.1. The molecule has 0 aliphatic heterocycles. The number of carbonyl (C=O) groups is 2. The molecule has 1 aliphatic rings. The summed E-state index contributed by atoms with van der Waals surface area (Å²) in [5.41, 5.74) is 0. The van der Waals surface area contributed by atoms with Crippen molar-refractivity contribution >= 4 is 43.2 Å². The maximum absolute atomic E-state index is 13.1. The lowest BCUT2D eigenvalue weighted by molar-refractivity contribution is -0.209. The minimum Gasteiger partial charge on any atom is -0.456 e. The van der Waals surface area contributed by atoms with Crippen LogP contribution in [0, 0.1) is 71.5 Å². The Hall–Kier alpha value is -3.34. The van der Waals surface area contributed by atoms with Crippen LogP contribution in [0.15, 0.2) is 0 Å². The van der Waals surface area contributed by atoms with Gasteiger partial charge in [-0.1, -0.05) is 84.0 Å². The van der Waals surface area contributed by atoms with Crippen molar-refractivity contribution in [1.82, 2.24) is 0 Å². The van der Waals surface area contributed by atoms with E-state index in [1.165, 1.54) is 38.5 Å². The van der Waals surface area contributed by atoms with Crippen molar-refractivity contribution in [1.29, 1.82) is 0 Å². The number of aliphatic hydroxyl groups is 2. The second kappa shape index (κ2) is 30.8. The molecule has 1 rings (SSSR count). The molecule has 1 saturated carbocycles. The van der Waals surface area contributed by atoms with Crippen LogP contribution in [0.2, 0.25) is 0 Å². The summed E-state index contributed by atoms with van der Waals surface area (Å²) in [6.07, 6.45) is -0.0635. The molecule has 0 aromatic carbocycles. The highest BCUT2D eigenvalue weighted by molar-refractivity contribution is 7.47. The van der Waals surface area contributed by atoms with Crippen LogP contribution in [-0.4, -0.2) is 112 Å². The van der Waals surface area contributed by atoms with Crippen LogP contribution in [-0.2, 0) is 59.9 Å². The third kappa shape index (κ3) is 28.5. The van der Waals surface area contributed by atoms with Crippen molar-refractivity contribution in [2.45, 2.75) is 140 Å². The number of hydrogen-bond donors (Lipinski definition) is 9. The highest BCUT2D eigenvalue weighted by Crippen LogP contribution is 2.53. The number of hydrogen-bond acceptors (Lipinski definition) is 15. The fourth-order valence-electron chi connectivity index (χ4n) is 5.67. The number of terminal acetylenes is 1. The van der Waals surface area contributed by atoms with Crippen molar-refractivity contribution in [3.63, 3.8) is 0 Å². The van der Waals surface area contributed by atoms with Gasteiger partial charge in [0.05, 0.1) is 6.61 Å². The summed E-state index contributed by atoms with van der Waals surface area (Å²) in [6, 6.07) is 0. The summed E-state index contributed by atoms with van der Waals surface area (Å²) in [5.74, 6) is 22.5. The van der Waals surface area contributed by atoms with Crippen LogP contribution in [0.1, 0.15) is 96.8 Å². The molecule has 1 fully saturated rings. The summed E-state index contributed by atoms with van der Waals surface area (Å²) in [5, 5.41) is 21.7. The monoisotopic (exact) mass is 984 g/mol. The van der Waals surface area contributed by atoms with Crippen molar-refractivity contribution < 1.29 is 104 Å². The van der Waals surface area contributed by atoms with Crippen LogP contribution < -0.4 is 0 Å². The lowest BCUT2D eigenvalue weighted by Gasteiger charge is -2.45. The molecule has 0 bridgehead atoms. The largest absolute Gasteiger partial charge is 0.472 e. The number of phosphoric acid groups is 4. The van der Waals surface area contributed by atoms with Gasteiger partial charge in [0.25, 0.3) is 0 Å². The van der Waals surface area contributed by atoms with Gasteiger partial charge in [-0.25, -0.2) is 23.1 Å². The van der Waals surface area contributed by atoms with E-state index in [0.29, 0.717) is 12.8 Å². The normalized spacial score (nSPS) is 20.8. The minimum absolute atomic E-state index is 0.132. The Labute approximate surface area is 371 Å². The first-order valence-corrected chi connectivity index (χ1v) is 25.6. The molecule has 4 unspecified atom stereocenters. The Balaban J connectivity index is 3.11. The van der Waals surface area contributed by atoms with Gasteiger partial charge < -0.3 is 53.9 Å². The zero-order valence-corrected chi connectivity index (χ0v) is 38.1. The lowest BCUT2D eigenvalue weighted by atomic mass is 9.85. The molecule has 64 heavy (non-hydrogen) atoms. The second-order valence-corrected chi connectivity index (χ2v) is 18.6. The third-order valence-corrected chi connectivity index (χ3v) is 10.9. The molecule has 1 aliphatic carbocycles. The number of ether oxygens (including phenoxy) is 2. The second-order valence-electron chi connectivity index (χ2n) is 13.6. The fraction of sp³-hybridized carbons (Fsp3) is 0.632. The first kappa shape index (κ1) is 58.7. The first-order valence-electron chi connectivity index (χ1n) is 19.5. The predicted molar refractivity (Wildman–Crippen MR) is 222 cm³/mol. The van der Waals surface area contributed by atoms with E-state index in [9.17, 15) is 72.3 Å². The van der Waals surface area contributed by atoms with E-state index in [-0.39, 0.29) is 6.42 Å². The average Bonchev–Trinajstić information content (AvgIpc) is 3.18. The van der Waals surface area contributed by atoms with Crippen LogP contribution in [0.4, 0.5) is 0 Å². The molecule has 0 saturated heterocycles. The van der Waals surface area contributed by atoms with E-state index in [1.54, 1.807) is 0 Å². The highest BCUT2D eigenvalue weighted by Gasteiger charge is 2.59. The minimum atomic E-state index is -5.82. The van der Waals surface area contributed by atoms with Gasteiger partial charge in [0.15, 0.2) is 6.10 Å². The quantitative estimate of drug-likeness (QED) is 0.0178. The van der Waals surface area contributed by atoms with Gasteiger partial charge in [-0.2, -0.15) is 0 Å². The van der Waals surface area contributed by atoms with Crippen molar-refractivity contribution in [3.05, 3.63) is 0 Å². The Morgan fingerprint density at radius 1 is 0.547 bits per heavy atom. The van der Waals surface area contributed by atoms with Crippen molar-refractivity contribution in [3.8, 4) is 71.5 Å². The Bertz CT molecular complexity index is 2030. The van der Waals surface area contributed by atoms with E-state index in [2.05, 4.69) is 79.7 Å². The van der Waals surface area contributed by atoms with E-state index >= 15 is 0 Å². The number of rotatable bonds is 28. The van der Waals surface area contributed by atoms with Crippen LogP contribution in [0.5, 0.6) is 0 Å². The number of unbranched alkanes of at least 4 members (excludes halogenated alkanes) is 12. The first-order chi connectivity index (χ1) is 30.0. The van der Waals surface area contributed by atoms with Gasteiger partial charge in [-0.15, -0.1) is 6.42 Å². The standard InChI is InChI=1S/C38H52O22P4/c1-3-5-7-9-11-13-15-16-17-19-21-23-25-27-32(40)56-30(28-54-31(39)26-24-22-20-18-14-12-10-8-6-4-2)29-55-64(52,53)60-35-33(41)36(57-61(43,44)45)38(59-63(49,50)51)37(34(35)42)58-62(46,47)48/h2,30,33-38,41-42H,3,5,7,9,11,13,15-17,19,21,23,25,27-29H2,1H3,(H,52,53)(H2,43,44,45)(H2,46,47,48)(H2,49,50,51)/t30-,33-,34?,35?,36-,37+,38?/m0/s1. The Morgan fingerprint density at radius 2 is 0.953 bits per heavy atom. The van der Waals surface area contributed by atoms with Crippen LogP contribution in [0.25, 0.3) is 0 Å². The molecule has 0 radical (unpaired) electrons. The van der Waals surface area contributed by atoms with Gasteiger partial charge in [-0.05, 0) is 65.6 Å². The number of esters is 2. The van der Waals surface area contributed by atoms with E-state index in [1.807, 2.05) is 5.92 Å². The fourth-order valence-corrected chi connectivity index (χ4v) is 8.32. The summed E-state index contributed by atoms with van der Waals surface area (Å²) >= 11 is 0. The summed E-state index contributed by atoms with van der Waals surface area (Å²) in [6.45, 7) is 0.186. The molecule has 22 nitrogen and oxygen atoms in total. The van der Waals surface area contributed by atoms with Crippen molar-refractivity contribution in [2.24, 2.45) is 0 Å². The molecule has 9 N–H and O–H groups in total. The molecular weight excluding hydrogens is 932 g/mol. The topological polar surface area (TPSA) is 349 Å². The third-order valence-electron chi connectivity index (χ3n) is 8.37. The summed E-state index contributed by atoms with van der Waals surface area (Å²) < 4.78 is 81.0. The van der Waals surface area contributed by atoms with Gasteiger partial charge in [-0.3, -0.25) is 27.4 Å². The Morgan fingerprint density at radius 3 is 1.39 bits per heavy atom. The van der Waals surface area contributed by atoms with E-state index in [0.717, 1.165) is 32.1 Å². The van der Waals surface area contributed by atoms with Gasteiger partial charge in [0.1, 0.15) is 43.2 Å². The molecule has 0 amide bonds. The zero-order valence-electron chi connectivity index (χ0n) is 34.6. The molecule has 0 aromatic heterocycles. The van der Waals surface area contributed by atoms with Crippen LogP contribution >= 0.6 is 31.3 Å². The summed E-state index contributed by atoms with van der Waals surface area (Å²) in [7, 11) is -23.2.